The van der Waals surface area contributed by atoms with Gasteiger partial charge in [0, 0.05) is 19.7 Å². The van der Waals surface area contributed by atoms with Crippen LogP contribution < -0.4 is 0 Å². The summed E-state index contributed by atoms with van der Waals surface area (Å²) >= 11 is 0. The van der Waals surface area contributed by atoms with Gasteiger partial charge in [-0.15, -0.1) is 0 Å². The Balaban J connectivity index is 2.84. The number of rotatable bonds is 4. The molecule has 4 nitrogen and oxygen atoms in total. The van der Waals surface area contributed by atoms with Gasteiger partial charge < -0.3 is 4.90 Å². The molecule has 1 heterocycles. The summed E-state index contributed by atoms with van der Waals surface area (Å²) in [4.78, 5) is 17.2. The Morgan fingerprint density at radius 2 is 2.38 bits per heavy atom. The normalized spacial score (nSPS) is 11.6. The van der Waals surface area contributed by atoms with Crippen molar-refractivity contribution < 1.29 is 4.79 Å². The van der Waals surface area contributed by atoms with Crippen LogP contribution in [0.3, 0.4) is 0 Å². The van der Waals surface area contributed by atoms with Crippen LogP contribution in [0.1, 0.15) is 31.5 Å². The molecule has 0 N–H and O–H groups in total. The highest BCUT2D eigenvalue weighted by molar-refractivity contribution is 5.76. The molecule has 0 bridgehead atoms. The van der Waals surface area contributed by atoms with Crippen molar-refractivity contribution in [1.82, 2.24) is 9.88 Å². The summed E-state index contributed by atoms with van der Waals surface area (Å²) in [5.41, 5.74) is 0.608. The lowest BCUT2D eigenvalue weighted by molar-refractivity contribution is -0.131. The van der Waals surface area contributed by atoms with Crippen molar-refractivity contribution in [2.45, 2.75) is 25.8 Å². The van der Waals surface area contributed by atoms with Crippen molar-refractivity contribution >= 4 is 5.91 Å². The minimum Gasteiger partial charge on any atom is -0.325 e. The van der Waals surface area contributed by atoms with Crippen LogP contribution in [0.25, 0.3) is 0 Å². The van der Waals surface area contributed by atoms with Crippen molar-refractivity contribution in [3.63, 3.8) is 0 Å². The lowest BCUT2D eigenvalue weighted by Gasteiger charge is -2.21. The highest BCUT2D eigenvalue weighted by atomic mass is 16.2. The van der Waals surface area contributed by atoms with E-state index in [0.717, 1.165) is 6.42 Å². The van der Waals surface area contributed by atoms with E-state index in [1.165, 1.54) is 4.90 Å². The highest BCUT2D eigenvalue weighted by Gasteiger charge is 2.21. The molecule has 1 aromatic rings. The fraction of sp³-hybridized carbons (Fsp3) is 0.417. The maximum atomic E-state index is 11.7. The van der Waals surface area contributed by atoms with E-state index in [9.17, 15) is 4.79 Å². The Kier molecular flexibility index (Phi) is 4.46. The lowest BCUT2D eigenvalue weighted by Crippen LogP contribution is -2.30. The molecule has 0 fully saturated rings. The summed E-state index contributed by atoms with van der Waals surface area (Å²) in [6.07, 6.45) is 2.86. The van der Waals surface area contributed by atoms with Crippen molar-refractivity contribution in [2.75, 3.05) is 7.05 Å². The van der Waals surface area contributed by atoms with Gasteiger partial charge in [0.1, 0.15) is 0 Å². The van der Waals surface area contributed by atoms with Crippen LogP contribution in [0, 0.1) is 11.3 Å². The van der Waals surface area contributed by atoms with E-state index in [1.54, 1.807) is 25.4 Å². The number of pyridine rings is 1. The van der Waals surface area contributed by atoms with Crippen LogP contribution in [0.5, 0.6) is 0 Å². The van der Waals surface area contributed by atoms with Gasteiger partial charge in [0.2, 0.25) is 5.91 Å². The molecule has 1 amide bonds. The molecule has 0 aliphatic rings. The van der Waals surface area contributed by atoms with Gasteiger partial charge in [0.15, 0.2) is 6.04 Å². The van der Waals surface area contributed by atoms with Crippen LogP contribution >= 0.6 is 0 Å². The van der Waals surface area contributed by atoms with Crippen LogP contribution in [0.4, 0.5) is 0 Å². The lowest BCUT2D eigenvalue weighted by atomic mass is 10.1. The molecule has 0 saturated heterocycles. The Morgan fingerprint density at radius 3 is 2.88 bits per heavy atom. The predicted molar refractivity (Wildman–Crippen MR) is 60.3 cm³/mol. The van der Waals surface area contributed by atoms with E-state index in [0.29, 0.717) is 12.1 Å². The number of nitrogens with zero attached hydrogens (tertiary/aromatic N) is 3. The largest absolute Gasteiger partial charge is 0.325 e. The van der Waals surface area contributed by atoms with Crippen molar-refractivity contribution in [2.24, 2.45) is 0 Å². The fourth-order valence-electron chi connectivity index (χ4n) is 1.42. The number of nitriles is 1. The highest BCUT2D eigenvalue weighted by Crippen LogP contribution is 2.16. The smallest absolute Gasteiger partial charge is 0.223 e. The second-order valence-corrected chi connectivity index (χ2v) is 3.54. The summed E-state index contributed by atoms with van der Waals surface area (Å²) < 4.78 is 0. The molecule has 16 heavy (non-hydrogen) atoms. The topological polar surface area (TPSA) is 57.0 Å². The van der Waals surface area contributed by atoms with Gasteiger partial charge in [-0.3, -0.25) is 9.78 Å². The predicted octanol–water partition coefficient (Wildman–Crippen LogP) is 1.90. The maximum absolute atomic E-state index is 11.7. The van der Waals surface area contributed by atoms with E-state index < -0.39 is 6.04 Å². The summed E-state index contributed by atoms with van der Waals surface area (Å²) in [6, 6.07) is 6.85. The molecule has 4 heteroatoms. The fourth-order valence-corrected chi connectivity index (χ4v) is 1.42. The Morgan fingerprint density at radius 1 is 1.62 bits per heavy atom. The van der Waals surface area contributed by atoms with Gasteiger partial charge in [-0.1, -0.05) is 13.0 Å². The molecular weight excluding hydrogens is 202 g/mol. The van der Waals surface area contributed by atoms with Crippen molar-refractivity contribution in [3.8, 4) is 6.07 Å². The molecule has 0 saturated carbocycles. The SMILES string of the molecule is CCCC(=O)N(C)C(C#N)c1ccccn1. The zero-order valence-corrected chi connectivity index (χ0v) is 9.55. The number of hydrogen-bond donors (Lipinski definition) is 0. The van der Waals surface area contributed by atoms with E-state index >= 15 is 0 Å². The summed E-state index contributed by atoms with van der Waals surface area (Å²) in [6.45, 7) is 1.94. The number of carbonyl (C=O) groups is 1. The minimum atomic E-state index is -0.597. The van der Waals surface area contributed by atoms with Gasteiger partial charge >= 0.3 is 0 Å². The average Bonchev–Trinajstić information content (AvgIpc) is 2.31. The number of carbonyl (C=O) groups excluding carboxylic acids is 1. The first kappa shape index (κ1) is 12.2. The Labute approximate surface area is 95.5 Å². The first-order valence-corrected chi connectivity index (χ1v) is 5.27. The molecule has 1 unspecified atom stereocenters. The Hall–Kier alpha value is -1.89. The van der Waals surface area contributed by atoms with Gasteiger partial charge in [0.25, 0.3) is 0 Å². The molecule has 1 rings (SSSR count). The maximum Gasteiger partial charge on any atom is 0.223 e. The van der Waals surface area contributed by atoms with Gasteiger partial charge in [0.05, 0.1) is 11.8 Å². The van der Waals surface area contributed by atoms with E-state index in [4.69, 9.17) is 5.26 Å². The van der Waals surface area contributed by atoms with Crippen molar-refractivity contribution in [1.29, 1.82) is 5.26 Å². The first-order chi connectivity index (χ1) is 7.70. The standard InChI is InChI=1S/C12H15N3O/c1-3-6-12(16)15(2)11(9-13)10-7-4-5-8-14-10/h4-5,7-8,11H,3,6H2,1-2H3. The van der Waals surface area contributed by atoms with Gasteiger partial charge in [-0.05, 0) is 18.6 Å². The third-order valence-corrected chi connectivity index (χ3v) is 2.33. The summed E-state index contributed by atoms with van der Waals surface area (Å²) in [7, 11) is 1.64. The van der Waals surface area contributed by atoms with Crippen LogP contribution in [0.2, 0.25) is 0 Å². The zero-order chi connectivity index (χ0) is 12.0. The Bertz CT molecular complexity index is 383. The number of aromatic nitrogens is 1. The van der Waals surface area contributed by atoms with Gasteiger partial charge in [-0.25, -0.2) is 0 Å². The summed E-state index contributed by atoms with van der Waals surface area (Å²) in [5, 5.41) is 9.08. The molecule has 1 aromatic heterocycles. The molecule has 84 valence electrons. The average molecular weight is 217 g/mol. The van der Waals surface area contributed by atoms with E-state index in [-0.39, 0.29) is 5.91 Å². The monoisotopic (exact) mass is 217 g/mol. The minimum absolute atomic E-state index is 0.0281. The molecule has 0 aliphatic carbocycles. The molecule has 0 spiro atoms. The number of amides is 1. The van der Waals surface area contributed by atoms with E-state index in [1.807, 2.05) is 13.0 Å². The molecule has 0 aromatic carbocycles. The third kappa shape index (κ3) is 2.80. The number of hydrogen-bond acceptors (Lipinski definition) is 3. The molecule has 0 radical (unpaired) electrons. The van der Waals surface area contributed by atoms with Crippen molar-refractivity contribution in [3.05, 3.63) is 30.1 Å². The van der Waals surface area contributed by atoms with Gasteiger partial charge in [-0.2, -0.15) is 5.26 Å². The zero-order valence-electron chi connectivity index (χ0n) is 9.55. The van der Waals surface area contributed by atoms with Crippen LogP contribution in [-0.2, 0) is 4.79 Å². The molecule has 1 atom stereocenters. The molecule has 0 aliphatic heterocycles. The first-order valence-electron chi connectivity index (χ1n) is 5.27. The second-order valence-electron chi connectivity index (χ2n) is 3.54. The second kappa shape index (κ2) is 5.86. The third-order valence-electron chi connectivity index (χ3n) is 2.33. The quantitative estimate of drug-likeness (QED) is 0.774. The van der Waals surface area contributed by atoms with E-state index in [2.05, 4.69) is 11.1 Å². The molecular formula is C12H15N3O. The van der Waals surface area contributed by atoms with Crippen LogP contribution in [-0.4, -0.2) is 22.8 Å². The summed E-state index contributed by atoms with van der Waals surface area (Å²) in [5.74, 6) is -0.0281. The van der Waals surface area contributed by atoms with Crippen LogP contribution in [0.15, 0.2) is 24.4 Å².